The Labute approximate surface area is 185 Å². The molecule has 8 heteroatoms. The summed E-state index contributed by atoms with van der Waals surface area (Å²) >= 11 is 1.59. The summed E-state index contributed by atoms with van der Waals surface area (Å²) in [6.07, 6.45) is 9.85. The van der Waals surface area contributed by atoms with Gasteiger partial charge in [0.25, 0.3) is 0 Å². The van der Waals surface area contributed by atoms with Gasteiger partial charge in [0.05, 0.1) is 5.69 Å². The molecule has 2 amide bonds. The highest BCUT2D eigenvalue weighted by molar-refractivity contribution is 7.13. The van der Waals surface area contributed by atoms with Gasteiger partial charge in [0, 0.05) is 58.7 Å². The van der Waals surface area contributed by atoms with Crippen LogP contribution in [0.2, 0.25) is 0 Å². The van der Waals surface area contributed by atoms with Crippen LogP contribution in [0.5, 0.6) is 0 Å². The highest BCUT2D eigenvalue weighted by Gasteiger charge is 2.21. The molecule has 0 atom stereocenters. The van der Waals surface area contributed by atoms with Crippen molar-refractivity contribution in [2.45, 2.75) is 45.4 Å². The van der Waals surface area contributed by atoms with E-state index in [0.717, 1.165) is 27.4 Å². The van der Waals surface area contributed by atoms with E-state index in [2.05, 4.69) is 26.0 Å². The Hall–Kier alpha value is -3.13. The second-order valence-corrected chi connectivity index (χ2v) is 8.54. The maximum absolute atomic E-state index is 12.0. The van der Waals surface area contributed by atoms with Crippen LogP contribution in [0.1, 0.15) is 61.5 Å². The van der Waals surface area contributed by atoms with Crippen molar-refractivity contribution < 1.29 is 9.59 Å². The number of anilines is 1. The van der Waals surface area contributed by atoms with Gasteiger partial charge in [-0.2, -0.15) is 0 Å². The minimum absolute atomic E-state index is 0.0452. The minimum Gasteiger partial charge on any atom is -0.338 e. The van der Waals surface area contributed by atoms with Gasteiger partial charge >= 0.3 is 6.03 Å². The first-order valence-corrected chi connectivity index (χ1v) is 11.4. The van der Waals surface area contributed by atoms with Crippen LogP contribution >= 0.6 is 11.3 Å². The molecule has 1 saturated carbocycles. The number of carbonyl (C=O) groups is 2. The highest BCUT2D eigenvalue weighted by Crippen LogP contribution is 2.39. The predicted molar refractivity (Wildman–Crippen MR) is 122 cm³/mol. The third kappa shape index (κ3) is 4.80. The van der Waals surface area contributed by atoms with Gasteiger partial charge in [-0.3, -0.25) is 15.1 Å². The fourth-order valence-electron chi connectivity index (χ4n) is 3.85. The smallest absolute Gasteiger partial charge is 0.320 e. The molecule has 4 rings (SSSR count). The predicted octanol–water partition coefficient (Wildman–Crippen LogP) is 5.27. The Morgan fingerprint density at radius 2 is 1.94 bits per heavy atom. The summed E-state index contributed by atoms with van der Waals surface area (Å²) in [5, 5.41) is 8.48. The van der Waals surface area contributed by atoms with Gasteiger partial charge in [-0.1, -0.05) is 12.8 Å². The Kier molecular flexibility index (Phi) is 6.36. The number of ketones is 1. The van der Waals surface area contributed by atoms with Crippen LogP contribution in [-0.2, 0) is 0 Å². The van der Waals surface area contributed by atoms with Gasteiger partial charge in [-0.25, -0.2) is 14.8 Å². The van der Waals surface area contributed by atoms with Gasteiger partial charge < -0.3 is 5.32 Å². The van der Waals surface area contributed by atoms with E-state index in [0.29, 0.717) is 23.8 Å². The van der Waals surface area contributed by atoms with Crippen molar-refractivity contribution in [1.82, 2.24) is 20.3 Å². The van der Waals surface area contributed by atoms with E-state index in [1.165, 1.54) is 32.6 Å². The molecule has 1 aliphatic rings. The largest absolute Gasteiger partial charge is 0.338 e. The molecule has 31 heavy (non-hydrogen) atoms. The molecule has 3 aromatic rings. The van der Waals surface area contributed by atoms with Gasteiger partial charge in [0.15, 0.2) is 5.78 Å². The summed E-state index contributed by atoms with van der Waals surface area (Å²) in [7, 11) is 0. The molecule has 0 aliphatic heterocycles. The number of thiazole rings is 1. The van der Waals surface area contributed by atoms with Gasteiger partial charge in [-0.15, -0.1) is 11.3 Å². The van der Waals surface area contributed by atoms with Crippen LogP contribution < -0.4 is 10.6 Å². The first-order valence-electron chi connectivity index (χ1n) is 10.5. The molecule has 3 aromatic heterocycles. The maximum atomic E-state index is 12.0. The first-order chi connectivity index (χ1) is 15.0. The lowest BCUT2D eigenvalue weighted by atomic mass is 10.0. The van der Waals surface area contributed by atoms with E-state index >= 15 is 0 Å². The van der Waals surface area contributed by atoms with Crippen molar-refractivity contribution in [3.05, 3.63) is 47.4 Å². The van der Waals surface area contributed by atoms with Crippen molar-refractivity contribution in [2.75, 3.05) is 11.9 Å². The molecule has 0 aromatic carbocycles. The summed E-state index contributed by atoms with van der Waals surface area (Å²) in [6.45, 7) is 3.90. The standard InChI is InChI=1S/C23H25N5O2S/c1-3-25-23(30)28-21-9-18(22-27-20(13-31-22)15-6-4-5-7-15)19(12-26-21)17-8-16(14(2)29)10-24-11-17/h8-13,15H,3-7H2,1-2H3,(H2,25,26,28,30). The SMILES string of the molecule is CCNC(=O)Nc1cc(-c2nc(C3CCCC3)cs2)c(-c2cncc(C(C)=O)c2)cn1. The maximum Gasteiger partial charge on any atom is 0.320 e. The van der Waals surface area contributed by atoms with Crippen LogP contribution in [0.3, 0.4) is 0 Å². The minimum atomic E-state index is -0.306. The molecule has 1 fully saturated rings. The Morgan fingerprint density at radius 3 is 2.68 bits per heavy atom. The van der Waals surface area contributed by atoms with Crippen LogP contribution in [0.15, 0.2) is 36.1 Å². The number of rotatable bonds is 6. The Balaban J connectivity index is 1.76. The number of Topliss-reactive ketones (excluding diaryl/α,β-unsaturated/α-hetero) is 1. The Morgan fingerprint density at radius 1 is 1.13 bits per heavy atom. The van der Waals surface area contributed by atoms with E-state index < -0.39 is 0 Å². The van der Waals surface area contributed by atoms with Gasteiger partial charge in [0.1, 0.15) is 10.8 Å². The number of carbonyl (C=O) groups excluding carboxylic acids is 2. The summed E-state index contributed by atoms with van der Waals surface area (Å²) in [5.41, 5.74) is 4.15. The second-order valence-electron chi connectivity index (χ2n) is 7.68. The van der Waals surface area contributed by atoms with Crippen molar-refractivity contribution >= 4 is 29.0 Å². The normalized spacial score (nSPS) is 13.9. The van der Waals surface area contributed by atoms with Crippen LogP contribution in [-0.4, -0.2) is 33.3 Å². The number of hydrogen-bond donors (Lipinski definition) is 2. The van der Waals surface area contributed by atoms with Crippen LogP contribution in [0.25, 0.3) is 21.7 Å². The second kappa shape index (κ2) is 9.34. The van der Waals surface area contributed by atoms with E-state index in [9.17, 15) is 9.59 Å². The molecule has 0 saturated heterocycles. The molecule has 0 unspecified atom stereocenters. The molecule has 3 heterocycles. The molecule has 0 bridgehead atoms. The van der Waals surface area contributed by atoms with Gasteiger partial charge in [-0.05, 0) is 38.8 Å². The molecular weight excluding hydrogens is 410 g/mol. The fourth-order valence-corrected chi connectivity index (χ4v) is 4.78. The lowest BCUT2D eigenvalue weighted by Crippen LogP contribution is -2.28. The molecule has 1 aliphatic carbocycles. The van der Waals surface area contributed by atoms with Crippen molar-refractivity contribution in [1.29, 1.82) is 0 Å². The molecule has 7 nitrogen and oxygen atoms in total. The average Bonchev–Trinajstić information content (AvgIpc) is 3.46. The number of nitrogens with one attached hydrogen (secondary N) is 2. The number of hydrogen-bond acceptors (Lipinski definition) is 6. The zero-order chi connectivity index (χ0) is 21.8. The van der Waals surface area contributed by atoms with E-state index in [1.54, 1.807) is 29.9 Å². The van der Waals surface area contributed by atoms with Crippen LogP contribution in [0.4, 0.5) is 10.6 Å². The zero-order valence-corrected chi connectivity index (χ0v) is 18.5. The number of urea groups is 1. The average molecular weight is 436 g/mol. The van der Waals surface area contributed by atoms with Crippen molar-refractivity contribution in [3.63, 3.8) is 0 Å². The molecule has 2 N–H and O–H groups in total. The lowest BCUT2D eigenvalue weighted by Gasteiger charge is -2.11. The zero-order valence-electron chi connectivity index (χ0n) is 17.6. The first kappa shape index (κ1) is 21.1. The molecule has 160 valence electrons. The third-order valence-electron chi connectivity index (χ3n) is 5.46. The number of pyridine rings is 2. The highest BCUT2D eigenvalue weighted by atomic mass is 32.1. The number of amides is 2. The van der Waals surface area contributed by atoms with Crippen LogP contribution in [0, 0.1) is 0 Å². The lowest BCUT2D eigenvalue weighted by molar-refractivity contribution is 0.101. The monoisotopic (exact) mass is 435 g/mol. The summed E-state index contributed by atoms with van der Waals surface area (Å²) in [6, 6.07) is 3.35. The Bertz CT molecular complexity index is 1100. The molecular formula is C23H25N5O2S. The van der Waals surface area contributed by atoms with Crippen molar-refractivity contribution in [2.24, 2.45) is 0 Å². The molecule has 0 spiro atoms. The number of aromatic nitrogens is 3. The molecule has 0 radical (unpaired) electrons. The van der Waals surface area contributed by atoms with E-state index in [-0.39, 0.29) is 11.8 Å². The summed E-state index contributed by atoms with van der Waals surface area (Å²) in [5.74, 6) is 0.917. The summed E-state index contributed by atoms with van der Waals surface area (Å²) in [4.78, 5) is 37.4. The van der Waals surface area contributed by atoms with Gasteiger partial charge in [0.2, 0.25) is 0 Å². The third-order valence-corrected chi connectivity index (χ3v) is 6.36. The fraction of sp³-hybridized carbons (Fsp3) is 0.348. The summed E-state index contributed by atoms with van der Waals surface area (Å²) < 4.78 is 0. The number of nitrogens with zero attached hydrogens (tertiary/aromatic N) is 3. The van der Waals surface area contributed by atoms with Crippen molar-refractivity contribution in [3.8, 4) is 21.7 Å². The topological polar surface area (TPSA) is 96.9 Å². The van der Waals surface area contributed by atoms with E-state index in [4.69, 9.17) is 4.98 Å². The van der Waals surface area contributed by atoms with E-state index in [1.807, 2.05) is 19.1 Å². The quantitative estimate of drug-likeness (QED) is 0.514.